The highest BCUT2D eigenvalue weighted by Crippen LogP contribution is 2.14. The Kier molecular flexibility index (Phi) is 7.19. The molecule has 0 aliphatic carbocycles. The molecule has 0 amide bonds. The van der Waals surface area contributed by atoms with E-state index in [1.165, 1.54) is 17.5 Å². The van der Waals surface area contributed by atoms with Crippen molar-refractivity contribution < 1.29 is 9.53 Å². The maximum absolute atomic E-state index is 11.2. The quantitative estimate of drug-likeness (QED) is 0.732. The summed E-state index contributed by atoms with van der Waals surface area (Å²) in [5, 5.41) is 3.34. The van der Waals surface area contributed by atoms with E-state index in [0.717, 1.165) is 6.42 Å². The molecule has 0 aromatic heterocycles. The Bertz CT molecular complexity index is 373. The third-order valence-corrected chi connectivity index (χ3v) is 3.10. The SMILES string of the molecule is CCCc1ccc(C(C)NCCC(=O)OCC)cc1. The first-order chi connectivity index (χ1) is 9.17. The summed E-state index contributed by atoms with van der Waals surface area (Å²) >= 11 is 0. The van der Waals surface area contributed by atoms with Gasteiger partial charge in [-0.05, 0) is 31.4 Å². The smallest absolute Gasteiger partial charge is 0.307 e. The largest absolute Gasteiger partial charge is 0.466 e. The van der Waals surface area contributed by atoms with Crippen molar-refractivity contribution in [2.24, 2.45) is 0 Å². The van der Waals surface area contributed by atoms with Crippen LogP contribution in [0, 0.1) is 0 Å². The predicted molar refractivity (Wildman–Crippen MR) is 78.1 cm³/mol. The number of esters is 1. The minimum atomic E-state index is -0.138. The molecule has 1 unspecified atom stereocenters. The van der Waals surface area contributed by atoms with Crippen LogP contribution in [0.15, 0.2) is 24.3 Å². The summed E-state index contributed by atoms with van der Waals surface area (Å²) in [6.45, 7) is 7.23. The highest BCUT2D eigenvalue weighted by atomic mass is 16.5. The van der Waals surface area contributed by atoms with Crippen LogP contribution < -0.4 is 5.32 Å². The number of nitrogens with one attached hydrogen (secondary N) is 1. The van der Waals surface area contributed by atoms with Crippen LogP contribution >= 0.6 is 0 Å². The van der Waals surface area contributed by atoms with E-state index in [4.69, 9.17) is 4.74 Å². The zero-order valence-corrected chi connectivity index (χ0v) is 12.2. The molecule has 3 nitrogen and oxygen atoms in total. The van der Waals surface area contributed by atoms with Gasteiger partial charge in [0.1, 0.15) is 0 Å². The van der Waals surface area contributed by atoms with Gasteiger partial charge in [0.05, 0.1) is 13.0 Å². The number of hydrogen-bond acceptors (Lipinski definition) is 3. The summed E-state index contributed by atoms with van der Waals surface area (Å²) in [5.41, 5.74) is 2.63. The molecule has 106 valence electrons. The van der Waals surface area contributed by atoms with Gasteiger partial charge in [-0.3, -0.25) is 4.79 Å². The normalized spacial score (nSPS) is 12.2. The van der Waals surface area contributed by atoms with Gasteiger partial charge in [0, 0.05) is 12.6 Å². The Hall–Kier alpha value is -1.35. The Morgan fingerprint density at radius 3 is 2.53 bits per heavy atom. The summed E-state index contributed by atoms with van der Waals surface area (Å²) in [4.78, 5) is 11.2. The first-order valence-corrected chi connectivity index (χ1v) is 7.15. The van der Waals surface area contributed by atoms with Crippen LogP contribution in [0.4, 0.5) is 0 Å². The number of aryl methyl sites for hydroxylation is 1. The van der Waals surface area contributed by atoms with Crippen molar-refractivity contribution in [3.63, 3.8) is 0 Å². The fourth-order valence-electron chi connectivity index (χ4n) is 2.00. The fraction of sp³-hybridized carbons (Fsp3) is 0.562. The van der Waals surface area contributed by atoms with E-state index in [1.807, 2.05) is 6.92 Å². The molecule has 0 aliphatic heterocycles. The number of carbonyl (C=O) groups is 1. The molecule has 0 fully saturated rings. The van der Waals surface area contributed by atoms with Crippen LogP contribution in [0.3, 0.4) is 0 Å². The van der Waals surface area contributed by atoms with Crippen LogP contribution in [0.25, 0.3) is 0 Å². The second kappa shape index (κ2) is 8.70. The minimum Gasteiger partial charge on any atom is -0.466 e. The lowest BCUT2D eigenvalue weighted by molar-refractivity contribution is -0.143. The van der Waals surface area contributed by atoms with Gasteiger partial charge < -0.3 is 10.1 Å². The first kappa shape index (κ1) is 15.7. The Labute approximate surface area is 116 Å². The van der Waals surface area contributed by atoms with Crippen LogP contribution in [-0.2, 0) is 16.0 Å². The molecular weight excluding hydrogens is 238 g/mol. The third-order valence-electron chi connectivity index (χ3n) is 3.10. The highest BCUT2D eigenvalue weighted by molar-refractivity contribution is 5.69. The molecular formula is C16H25NO2. The standard InChI is InChI=1S/C16H25NO2/c1-4-6-14-7-9-15(10-8-14)13(3)17-12-11-16(18)19-5-2/h7-10,13,17H,4-6,11-12H2,1-3H3. The summed E-state index contributed by atoms with van der Waals surface area (Å²) in [7, 11) is 0. The van der Waals surface area contributed by atoms with Crippen LogP contribution in [0.5, 0.6) is 0 Å². The molecule has 1 aromatic carbocycles. The van der Waals surface area contributed by atoms with Gasteiger partial charge in [-0.15, -0.1) is 0 Å². The van der Waals surface area contributed by atoms with E-state index < -0.39 is 0 Å². The monoisotopic (exact) mass is 263 g/mol. The molecule has 0 radical (unpaired) electrons. The summed E-state index contributed by atoms with van der Waals surface area (Å²) < 4.78 is 4.89. The van der Waals surface area contributed by atoms with Crippen molar-refractivity contribution in [1.82, 2.24) is 5.32 Å². The molecule has 0 saturated carbocycles. The van der Waals surface area contributed by atoms with Gasteiger partial charge in [-0.1, -0.05) is 37.6 Å². The van der Waals surface area contributed by atoms with Gasteiger partial charge in [0.25, 0.3) is 0 Å². The molecule has 1 aromatic rings. The molecule has 0 heterocycles. The second-order valence-corrected chi connectivity index (χ2v) is 4.72. The second-order valence-electron chi connectivity index (χ2n) is 4.72. The predicted octanol–water partition coefficient (Wildman–Crippen LogP) is 3.24. The molecule has 19 heavy (non-hydrogen) atoms. The van der Waals surface area contributed by atoms with Crippen molar-refractivity contribution in [1.29, 1.82) is 0 Å². The van der Waals surface area contributed by atoms with Crippen LogP contribution in [0.2, 0.25) is 0 Å². The first-order valence-electron chi connectivity index (χ1n) is 7.15. The lowest BCUT2D eigenvalue weighted by Crippen LogP contribution is -2.22. The van der Waals surface area contributed by atoms with E-state index in [1.54, 1.807) is 0 Å². The molecule has 0 bridgehead atoms. The van der Waals surface area contributed by atoms with Gasteiger partial charge >= 0.3 is 5.97 Å². The lowest BCUT2D eigenvalue weighted by atomic mass is 10.0. The molecule has 0 saturated heterocycles. The summed E-state index contributed by atoms with van der Waals surface area (Å²) in [6.07, 6.45) is 2.73. The number of ether oxygens (including phenoxy) is 1. The molecule has 1 rings (SSSR count). The van der Waals surface area contributed by atoms with Crippen molar-refractivity contribution in [2.45, 2.75) is 46.1 Å². The maximum Gasteiger partial charge on any atom is 0.307 e. The van der Waals surface area contributed by atoms with E-state index in [0.29, 0.717) is 19.6 Å². The molecule has 0 aliphatic rings. The van der Waals surface area contributed by atoms with Crippen molar-refractivity contribution in [3.8, 4) is 0 Å². The van der Waals surface area contributed by atoms with Crippen LogP contribution in [0.1, 0.15) is 50.8 Å². The maximum atomic E-state index is 11.2. The van der Waals surface area contributed by atoms with Gasteiger partial charge in [0.15, 0.2) is 0 Å². The zero-order valence-electron chi connectivity index (χ0n) is 12.2. The average Bonchev–Trinajstić information content (AvgIpc) is 2.40. The van der Waals surface area contributed by atoms with Crippen molar-refractivity contribution >= 4 is 5.97 Å². The zero-order chi connectivity index (χ0) is 14.1. The highest BCUT2D eigenvalue weighted by Gasteiger charge is 2.06. The van der Waals surface area contributed by atoms with Crippen LogP contribution in [-0.4, -0.2) is 19.1 Å². The van der Waals surface area contributed by atoms with Crippen molar-refractivity contribution in [2.75, 3.05) is 13.2 Å². The molecule has 1 N–H and O–H groups in total. The van der Waals surface area contributed by atoms with Gasteiger partial charge in [-0.25, -0.2) is 0 Å². The summed E-state index contributed by atoms with van der Waals surface area (Å²) in [6, 6.07) is 8.94. The van der Waals surface area contributed by atoms with Crippen molar-refractivity contribution in [3.05, 3.63) is 35.4 Å². The Balaban J connectivity index is 2.36. The third kappa shape index (κ3) is 5.88. The minimum absolute atomic E-state index is 0.138. The topological polar surface area (TPSA) is 38.3 Å². The molecule has 1 atom stereocenters. The fourth-order valence-corrected chi connectivity index (χ4v) is 2.00. The Morgan fingerprint density at radius 2 is 1.95 bits per heavy atom. The van der Waals surface area contributed by atoms with E-state index in [9.17, 15) is 4.79 Å². The number of rotatable bonds is 8. The summed E-state index contributed by atoms with van der Waals surface area (Å²) in [5.74, 6) is -0.138. The van der Waals surface area contributed by atoms with E-state index in [2.05, 4.69) is 43.4 Å². The van der Waals surface area contributed by atoms with Gasteiger partial charge in [-0.2, -0.15) is 0 Å². The Morgan fingerprint density at radius 1 is 1.26 bits per heavy atom. The number of hydrogen-bond donors (Lipinski definition) is 1. The van der Waals surface area contributed by atoms with Gasteiger partial charge in [0.2, 0.25) is 0 Å². The number of benzene rings is 1. The average molecular weight is 263 g/mol. The lowest BCUT2D eigenvalue weighted by Gasteiger charge is -2.14. The van der Waals surface area contributed by atoms with E-state index in [-0.39, 0.29) is 12.0 Å². The molecule has 3 heteroatoms. The number of carbonyl (C=O) groups excluding carboxylic acids is 1. The van der Waals surface area contributed by atoms with E-state index >= 15 is 0 Å². The molecule has 0 spiro atoms.